The Morgan fingerprint density at radius 1 is 1.10 bits per heavy atom. The number of aryl methyl sites for hydroxylation is 1. The molecule has 0 atom stereocenters. The van der Waals surface area contributed by atoms with Gasteiger partial charge in [0.1, 0.15) is 10.7 Å². The molecule has 0 radical (unpaired) electrons. The fourth-order valence-corrected chi connectivity index (χ4v) is 4.49. The zero-order valence-corrected chi connectivity index (χ0v) is 13.2. The Kier molecular flexibility index (Phi) is 3.61. The molecular formula is C16H20N2O2S. The molecular weight excluding hydrogens is 284 g/mol. The van der Waals surface area contributed by atoms with Crippen LogP contribution < -0.4 is 4.72 Å². The van der Waals surface area contributed by atoms with Gasteiger partial charge in [0.15, 0.2) is 0 Å². The Labute approximate surface area is 126 Å². The first-order valence-corrected chi connectivity index (χ1v) is 8.84. The van der Waals surface area contributed by atoms with Crippen molar-refractivity contribution in [2.75, 3.05) is 0 Å². The van der Waals surface area contributed by atoms with Gasteiger partial charge in [0.05, 0.1) is 6.04 Å². The van der Waals surface area contributed by atoms with Crippen LogP contribution in [0.2, 0.25) is 0 Å². The Bertz CT molecular complexity index is 709. The molecule has 1 fully saturated rings. The number of rotatable bonds is 2. The van der Waals surface area contributed by atoms with Crippen LogP contribution in [0.3, 0.4) is 0 Å². The van der Waals surface area contributed by atoms with Crippen LogP contribution in [0, 0.1) is 6.92 Å². The molecule has 1 aromatic carbocycles. The molecule has 0 amide bonds. The van der Waals surface area contributed by atoms with Gasteiger partial charge in [-0.05, 0) is 32.3 Å². The summed E-state index contributed by atoms with van der Waals surface area (Å²) in [5, 5.41) is 0. The molecule has 0 unspecified atom stereocenters. The molecule has 0 bridgehead atoms. The van der Waals surface area contributed by atoms with E-state index in [9.17, 15) is 8.42 Å². The van der Waals surface area contributed by atoms with E-state index in [1.54, 1.807) is 0 Å². The molecule has 1 heterocycles. The van der Waals surface area contributed by atoms with E-state index >= 15 is 0 Å². The van der Waals surface area contributed by atoms with Gasteiger partial charge in [-0.25, -0.2) is 8.42 Å². The number of hydrogen-bond acceptors (Lipinski definition) is 3. The lowest BCUT2D eigenvalue weighted by Gasteiger charge is -2.05. The summed E-state index contributed by atoms with van der Waals surface area (Å²) < 4.78 is 27.4. The van der Waals surface area contributed by atoms with Gasteiger partial charge in [0.25, 0.3) is 10.0 Å². The predicted octanol–water partition coefficient (Wildman–Crippen LogP) is 3.00. The molecule has 5 heteroatoms. The second kappa shape index (κ2) is 5.30. The zero-order valence-electron chi connectivity index (χ0n) is 12.4. The average molecular weight is 304 g/mol. The summed E-state index contributed by atoms with van der Waals surface area (Å²) in [7, 11) is -3.49. The molecule has 1 aliphatic heterocycles. The molecule has 2 aliphatic rings. The van der Waals surface area contributed by atoms with Crippen molar-refractivity contribution < 1.29 is 8.42 Å². The van der Waals surface area contributed by atoms with Crippen molar-refractivity contribution in [2.24, 2.45) is 4.99 Å². The monoisotopic (exact) mass is 304 g/mol. The largest absolute Gasteiger partial charge is 0.264 e. The summed E-state index contributed by atoms with van der Waals surface area (Å²) in [6.45, 7) is 3.82. The number of benzene rings is 1. The maximum Gasteiger partial charge on any atom is 0.264 e. The molecule has 1 saturated carbocycles. The van der Waals surface area contributed by atoms with Gasteiger partial charge in [-0.2, -0.15) is 0 Å². The van der Waals surface area contributed by atoms with E-state index in [4.69, 9.17) is 0 Å². The third kappa shape index (κ3) is 2.75. The first kappa shape index (κ1) is 14.3. The van der Waals surface area contributed by atoms with Gasteiger partial charge in [0, 0.05) is 5.57 Å². The summed E-state index contributed by atoms with van der Waals surface area (Å²) >= 11 is 0. The fraction of sp³-hybridized carbons (Fsp3) is 0.438. The first-order valence-electron chi connectivity index (χ1n) is 7.36. The normalized spacial score (nSPS) is 23.8. The summed E-state index contributed by atoms with van der Waals surface area (Å²) in [6.07, 6.45) is 4.47. The minimum absolute atomic E-state index is 0.259. The highest BCUT2D eigenvalue weighted by Crippen LogP contribution is 2.31. The van der Waals surface area contributed by atoms with Crippen LogP contribution in [0.4, 0.5) is 0 Å². The van der Waals surface area contributed by atoms with Crippen molar-refractivity contribution in [1.82, 2.24) is 4.72 Å². The maximum absolute atomic E-state index is 12.4. The van der Waals surface area contributed by atoms with Crippen LogP contribution >= 0.6 is 0 Å². The maximum atomic E-state index is 12.4. The highest BCUT2D eigenvalue weighted by molar-refractivity contribution is 8.00. The van der Waals surface area contributed by atoms with Crippen molar-refractivity contribution >= 4 is 20.8 Å². The van der Waals surface area contributed by atoms with Gasteiger partial charge in [-0.3, -0.25) is 9.71 Å². The van der Waals surface area contributed by atoms with Crippen LogP contribution in [-0.4, -0.2) is 20.3 Å². The lowest BCUT2D eigenvalue weighted by Crippen LogP contribution is -2.24. The van der Waals surface area contributed by atoms with E-state index in [1.807, 2.05) is 38.1 Å². The summed E-state index contributed by atoms with van der Waals surface area (Å²) in [5.41, 5.74) is 2.56. The number of hydrogen-bond donors (Lipinski definition) is 1. The molecule has 112 valence electrons. The van der Waals surface area contributed by atoms with E-state index in [2.05, 4.69) is 9.71 Å². The Morgan fingerprint density at radius 3 is 2.33 bits per heavy atom. The highest BCUT2D eigenvalue weighted by atomic mass is 32.2. The number of nitrogens with zero attached hydrogens (tertiary/aromatic N) is 1. The Balaban J connectivity index is 2.03. The lowest BCUT2D eigenvalue weighted by atomic mass is 10.1. The summed E-state index contributed by atoms with van der Waals surface area (Å²) in [4.78, 5) is 4.97. The van der Waals surface area contributed by atoms with E-state index in [-0.39, 0.29) is 6.04 Å². The Hall–Kier alpha value is -1.62. The zero-order chi connectivity index (χ0) is 15.0. The number of sulfonamides is 1. The SMILES string of the molecule is CC1=C(c2ccc(C)cc2)S(=O)(=O)NC1=NC1CCCC1. The number of aliphatic imine (C=N–C) groups is 1. The second-order valence-electron chi connectivity index (χ2n) is 5.84. The van der Waals surface area contributed by atoms with Crippen LogP contribution in [0.15, 0.2) is 34.8 Å². The van der Waals surface area contributed by atoms with Gasteiger partial charge >= 0.3 is 0 Å². The topological polar surface area (TPSA) is 58.5 Å². The molecule has 21 heavy (non-hydrogen) atoms. The van der Waals surface area contributed by atoms with Gasteiger partial charge in [0.2, 0.25) is 0 Å². The third-order valence-corrected chi connectivity index (χ3v) is 5.69. The summed E-state index contributed by atoms with van der Waals surface area (Å²) in [5.74, 6) is 0.525. The molecule has 4 nitrogen and oxygen atoms in total. The molecule has 0 saturated heterocycles. The van der Waals surface area contributed by atoms with Crippen LogP contribution in [0.1, 0.15) is 43.7 Å². The highest BCUT2D eigenvalue weighted by Gasteiger charge is 2.33. The van der Waals surface area contributed by atoms with E-state index in [0.717, 1.165) is 29.5 Å². The van der Waals surface area contributed by atoms with Crippen molar-refractivity contribution in [1.29, 1.82) is 0 Å². The minimum atomic E-state index is -3.49. The number of nitrogens with one attached hydrogen (secondary N) is 1. The first-order chi connectivity index (χ1) is 9.97. The van der Waals surface area contributed by atoms with E-state index in [0.29, 0.717) is 10.7 Å². The molecule has 3 rings (SSSR count). The van der Waals surface area contributed by atoms with Crippen LogP contribution in [0.5, 0.6) is 0 Å². The van der Waals surface area contributed by atoms with Crippen molar-refractivity contribution in [3.8, 4) is 0 Å². The minimum Gasteiger partial charge on any atom is -0.264 e. The van der Waals surface area contributed by atoms with Crippen LogP contribution in [-0.2, 0) is 10.0 Å². The Morgan fingerprint density at radius 2 is 1.71 bits per heavy atom. The van der Waals surface area contributed by atoms with E-state index < -0.39 is 10.0 Å². The predicted molar refractivity (Wildman–Crippen MR) is 85.5 cm³/mol. The molecule has 1 aromatic rings. The molecule has 1 N–H and O–H groups in total. The van der Waals surface area contributed by atoms with Gasteiger partial charge in [-0.15, -0.1) is 0 Å². The van der Waals surface area contributed by atoms with Gasteiger partial charge in [-0.1, -0.05) is 42.7 Å². The fourth-order valence-electron chi connectivity index (χ4n) is 2.98. The molecule has 0 aromatic heterocycles. The van der Waals surface area contributed by atoms with Crippen molar-refractivity contribution in [3.63, 3.8) is 0 Å². The standard InChI is InChI=1S/C16H20N2O2S/c1-11-7-9-13(10-8-11)15-12(2)16(18-21(15,19)20)17-14-5-3-4-6-14/h7-10,14H,3-6H2,1-2H3,(H,17,18). The lowest BCUT2D eigenvalue weighted by molar-refractivity contribution is 0.603. The average Bonchev–Trinajstić information content (AvgIpc) is 2.99. The van der Waals surface area contributed by atoms with Crippen molar-refractivity contribution in [3.05, 3.63) is 41.0 Å². The molecule has 0 spiro atoms. The van der Waals surface area contributed by atoms with Crippen molar-refractivity contribution in [2.45, 2.75) is 45.6 Å². The third-order valence-electron chi connectivity index (χ3n) is 4.15. The second-order valence-corrected chi connectivity index (χ2v) is 7.46. The molecule has 1 aliphatic carbocycles. The number of amidine groups is 1. The smallest absolute Gasteiger partial charge is 0.264 e. The van der Waals surface area contributed by atoms with Crippen LogP contribution in [0.25, 0.3) is 4.91 Å². The van der Waals surface area contributed by atoms with Gasteiger partial charge < -0.3 is 0 Å². The van der Waals surface area contributed by atoms with E-state index in [1.165, 1.54) is 12.8 Å². The quantitative estimate of drug-likeness (QED) is 0.913. The summed E-state index contributed by atoms with van der Waals surface area (Å²) in [6, 6.07) is 7.82.